The highest BCUT2D eigenvalue weighted by Gasteiger charge is 2.15. The van der Waals surface area contributed by atoms with Crippen molar-refractivity contribution < 1.29 is 19.2 Å². The number of anilines is 1. The molecular formula is C16H15NO4. The predicted molar refractivity (Wildman–Crippen MR) is 77.9 cm³/mol. The molecule has 0 fully saturated rings. The van der Waals surface area contributed by atoms with Gasteiger partial charge in [0.2, 0.25) is 0 Å². The molecule has 0 saturated carbocycles. The SMILES string of the molecule is CC(=O)ON(C(C)=O)c1ccc(Oc2ccccc2)cc1. The number of nitrogens with zero attached hydrogens (tertiary/aromatic N) is 1. The Balaban J connectivity index is 2.14. The number of para-hydroxylation sites is 1. The van der Waals surface area contributed by atoms with Crippen LogP contribution < -0.4 is 9.80 Å². The summed E-state index contributed by atoms with van der Waals surface area (Å²) in [7, 11) is 0. The first-order valence-corrected chi connectivity index (χ1v) is 6.38. The second kappa shape index (κ2) is 6.56. The highest BCUT2D eigenvalue weighted by atomic mass is 16.7. The summed E-state index contributed by atoms with van der Waals surface area (Å²) in [6, 6.07) is 16.0. The van der Waals surface area contributed by atoms with Crippen LogP contribution in [-0.2, 0) is 14.4 Å². The van der Waals surface area contributed by atoms with Gasteiger partial charge in [-0.05, 0) is 36.4 Å². The minimum Gasteiger partial charge on any atom is -0.457 e. The minimum atomic E-state index is -0.560. The number of benzene rings is 2. The standard InChI is InChI=1S/C16H15NO4/c1-12(18)17(21-13(2)19)14-8-10-16(11-9-14)20-15-6-4-3-5-7-15/h3-11H,1-2H3. The molecule has 0 radical (unpaired) electrons. The summed E-state index contributed by atoms with van der Waals surface area (Å²) in [5.41, 5.74) is 0.457. The average Bonchev–Trinajstić information content (AvgIpc) is 2.46. The van der Waals surface area contributed by atoms with Crippen LogP contribution in [0.3, 0.4) is 0 Å². The van der Waals surface area contributed by atoms with Crippen LogP contribution in [0.5, 0.6) is 11.5 Å². The number of carbonyl (C=O) groups is 2. The Labute approximate surface area is 122 Å². The molecule has 2 aromatic rings. The Kier molecular flexibility index (Phi) is 4.56. The van der Waals surface area contributed by atoms with Crippen molar-refractivity contribution in [3.8, 4) is 11.5 Å². The summed E-state index contributed by atoms with van der Waals surface area (Å²) >= 11 is 0. The van der Waals surface area contributed by atoms with Crippen molar-refractivity contribution in [2.24, 2.45) is 0 Å². The van der Waals surface area contributed by atoms with Gasteiger partial charge in [-0.2, -0.15) is 0 Å². The molecular weight excluding hydrogens is 270 g/mol. The molecule has 2 rings (SSSR count). The Hall–Kier alpha value is -2.82. The lowest BCUT2D eigenvalue weighted by Gasteiger charge is -2.18. The van der Waals surface area contributed by atoms with E-state index in [1.165, 1.54) is 13.8 Å². The molecule has 0 aliphatic carbocycles. The maximum absolute atomic E-state index is 11.5. The van der Waals surface area contributed by atoms with Crippen molar-refractivity contribution >= 4 is 17.6 Å². The molecule has 0 bridgehead atoms. The van der Waals surface area contributed by atoms with Crippen molar-refractivity contribution in [1.82, 2.24) is 0 Å². The topological polar surface area (TPSA) is 55.8 Å². The predicted octanol–water partition coefficient (Wildman–Crippen LogP) is 3.31. The maximum Gasteiger partial charge on any atom is 0.330 e. The Morgan fingerprint density at radius 1 is 0.857 bits per heavy atom. The van der Waals surface area contributed by atoms with E-state index < -0.39 is 5.97 Å². The first-order chi connectivity index (χ1) is 10.1. The zero-order chi connectivity index (χ0) is 15.2. The normalized spacial score (nSPS) is 9.81. The van der Waals surface area contributed by atoms with Gasteiger partial charge in [-0.3, -0.25) is 4.79 Å². The van der Waals surface area contributed by atoms with Gasteiger partial charge >= 0.3 is 5.97 Å². The van der Waals surface area contributed by atoms with Crippen molar-refractivity contribution in [3.05, 3.63) is 54.6 Å². The summed E-state index contributed by atoms with van der Waals surface area (Å²) < 4.78 is 5.64. The lowest BCUT2D eigenvalue weighted by molar-refractivity contribution is -0.147. The van der Waals surface area contributed by atoms with Crippen LogP contribution in [0.25, 0.3) is 0 Å². The van der Waals surface area contributed by atoms with E-state index in [0.717, 1.165) is 5.06 Å². The van der Waals surface area contributed by atoms with E-state index in [-0.39, 0.29) is 5.91 Å². The van der Waals surface area contributed by atoms with Crippen molar-refractivity contribution in [3.63, 3.8) is 0 Å². The van der Waals surface area contributed by atoms with Crippen LogP contribution >= 0.6 is 0 Å². The molecule has 0 heterocycles. The van der Waals surface area contributed by atoms with Gasteiger partial charge in [-0.15, -0.1) is 5.06 Å². The second-order valence-corrected chi connectivity index (χ2v) is 4.31. The van der Waals surface area contributed by atoms with Gasteiger partial charge in [0, 0.05) is 13.8 Å². The van der Waals surface area contributed by atoms with E-state index in [0.29, 0.717) is 17.2 Å². The molecule has 0 N–H and O–H groups in total. The molecule has 1 amide bonds. The summed E-state index contributed by atoms with van der Waals surface area (Å²) in [4.78, 5) is 27.3. The number of hydroxylamine groups is 1. The lowest BCUT2D eigenvalue weighted by atomic mass is 10.3. The number of ether oxygens (including phenoxy) is 1. The highest BCUT2D eigenvalue weighted by Crippen LogP contribution is 2.24. The molecule has 0 aliphatic rings. The molecule has 5 nitrogen and oxygen atoms in total. The quantitative estimate of drug-likeness (QED) is 0.812. The van der Waals surface area contributed by atoms with E-state index in [9.17, 15) is 9.59 Å². The van der Waals surface area contributed by atoms with Crippen LogP contribution in [0.15, 0.2) is 54.6 Å². The van der Waals surface area contributed by atoms with Gasteiger partial charge in [0.05, 0.1) is 5.69 Å². The first-order valence-electron chi connectivity index (χ1n) is 6.38. The summed E-state index contributed by atoms with van der Waals surface area (Å²) in [6.45, 7) is 2.56. The maximum atomic E-state index is 11.5. The molecule has 2 aromatic carbocycles. The van der Waals surface area contributed by atoms with E-state index in [4.69, 9.17) is 9.57 Å². The molecule has 0 aromatic heterocycles. The molecule has 0 saturated heterocycles. The van der Waals surface area contributed by atoms with Crippen LogP contribution in [0.4, 0.5) is 5.69 Å². The molecule has 21 heavy (non-hydrogen) atoms. The van der Waals surface area contributed by atoms with Gasteiger partial charge in [-0.25, -0.2) is 4.79 Å². The summed E-state index contributed by atoms with van der Waals surface area (Å²) in [5.74, 6) is 0.390. The largest absolute Gasteiger partial charge is 0.457 e. The van der Waals surface area contributed by atoms with Gasteiger partial charge in [0.25, 0.3) is 5.91 Å². The van der Waals surface area contributed by atoms with Gasteiger partial charge in [0.1, 0.15) is 11.5 Å². The number of hydrogen-bond donors (Lipinski definition) is 0. The summed E-state index contributed by atoms with van der Waals surface area (Å²) in [5, 5.41) is 0.939. The van der Waals surface area contributed by atoms with Crippen LogP contribution in [0.2, 0.25) is 0 Å². The molecule has 0 spiro atoms. The summed E-state index contributed by atoms with van der Waals surface area (Å²) in [6.07, 6.45) is 0. The Morgan fingerprint density at radius 3 is 1.95 bits per heavy atom. The molecule has 5 heteroatoms. The molecule has 108 valence electrons. The Morgan fingerprint density at radius 2 is 1.43 bits per heavy atom. The third-order valence-electron chi connectivity index (χ3n) is 2.56. The third kappa shape index (κ3) is 4.07. The van der Waals surface area contributed by atoms with Gasteiger partial charge in [0.15, 0.2) is 0 Å². The zero-order valence-electron chi connectivity index (χ0n) is 11.8. The van der Waals surface area contributed by atoms with Crippen LogP contribution in [-0.4, -0.2) is 11.9 Å². The molecule has 0 aliphatic heterocycles. The zero-order valence-corrected chi connectivity index (χ0v) is 11.8. The van der Waals surface area contributed by atoms with E-state index in [1.807, 2.05) is 30.3 Å². The van der Waals surface area contributed by atoms with Crippen molar-refractivity contribution in [2.75, 3.05) is 5.06 Å². The number of carbonyl (C=O) groups excluding carboxylic acids is 2. The Bertz CT molecular complexity index is 622. The van der Waals surface area contributed by atoms with Crippen LogP contribution in [0, 0.1) is 0 Å². The number of amides is 1. The fourth-order valence-electron chi connectivity index (χ4n) is 1.70. The number of rotatable bonds is 3. The van der Waals surface area contributed by atoms with Crippen molar-refractivity contribution in [1.29, 1.82) is 0 Å². The van der Waals surface area contributed by atoms with E-state index >= 15 is 0 Å². The highest BCUT2D eigenvalue weighted by molar-refractivity contribution is 5.91. The fraction of sp³-hybridized carbons (Fsp3) is 0.125. The monoisotopic (exact) mass is 285 g/mol. The lowest BCUT2D eigenvalue weighted by Crippen LogP contribution is -2.30. The second-order valence-electron chi connectivity index (χ2n) is 4.31. The fourth-order valence-corrected chi connectivity index (χ4v) is 1.70. The first kappa shape index (κ1) is 14.6. The van der Waals surface area contributed by atoms with E-state index in [1.54, 1.807) is 24.3 Å². The third-order valence-corrected chi connectivity index (χ3v) is 2.56. The molecule has 0 atom stereocenters. The van der Waals surface area contributed by atoms with Gasteiger partial charge < -0.3 is 9.57 Å². The number of hydrogen-bond acceptors (Lipinski definition) is 4. The van der Waals surface area contributed by atoms with E-state index in [2.05, 4.69) is 0 Å². The average molecular weight is 285 g/mol. The molecule has 0 unspecified atom stereocenters. The minimum absolute atomic E-state index is 0.387. The van der Waals surface area contributed by atoms with Crippen molar-refractivity contribution in [2.45, 2.75) is 13.8 Å². The smallest absolute Gasteiger partial charge is 0.330 e. The van der Waals surface area contributed by atoms with Crippen LogP contribution in [0.1, 0.15) is 13.8 Å². The van der Waals surface area contributed by atoms with Gasteiger partial charge in [-0.1, -0.05) is 18.2 Å².